The van der Waals surface area contributed by atoms with Gasteiger partial charge in [-0.2, -0.15) is 0 Å². The van der Waals surface area contributed by atoms with E-state index >= 15 is 0 Å². The van der Waals surface area contributed by atoms with Crippen LogP contribution in [-0.2, 0) is 0 Å². The van der Waals surface area contributed by atoms with Crippen LogP contribution in [0.1, 0.15) is 41.5 Å². The van der Waals surface area contributed by atoms with Crippen LogP contribution in [0.2, 0.25) is 0 Å². The van der Waals surface area contributed by atoms with Gasteiger partial charge in [0.1, 0.15) is 0 Å². The van der Waals surface area contributed by atoms with Gasteiger partial charge in [0, 0.05) is 11.1 Å². The van der Waals surface area contributed by atoms with Gasteiger partial charge >= 0.3 is 6.03 Å². The highest BCUT2D eigenvalue weighted by Crippen LogP contribution is 2.16. The van der Waals surface area contributed by atoms with Crippen LogP contribution in [0.3, 0.4) is 0 Å². The van der Waals surface area contributed by atoms with Gasteiger partial charge in [0.2, 0.25) is 0 Å². The van der Waals surface area contributed by atoms with Crippen molar-refractivity contribution in [1.29, 1.82) is 0 Å². The Bertz CT molecular complexity index is 798. The van der Waals surface area contributed by atoms with Crippen molar-refractivity contribution in [3.8, 4) is 0 Å². The number of urea groups is 1. The van der Waals surface area contributed by atoms with Gasteiger partial charge in [-0.1, -0.05) is 30.3 Å². The predicted molar refractivity (Wildman–Crippen MR) is 99.7 cm³/mol. The van der Waals surface area contributed by atoms with E-state index in [-0.39, 0.29) is 5.91 Å². The molecule has 0 aliphatic rings. The van der Waals surface area contributed by atoms with Gasteiger partial charge in [-0.25, -0.2) is 10.2 Å². The van der Waals surface area contributed by atoms with E-state index in [0.29, 0.717) is 16.8 Å². The topological polar surface area (TPSA) is 99.3 Å². The largest absolute Gasteiger partial charge is 0.347 e. The summed E-state index contributed by atoms with van der Waals surface area (Å²) in [6.07, 6.45) is 0. The first kappa shape index (κ1) is 19.0. The molecule has 4 N–H and O–H groups in total. The second-order valence-electron chi connectivity index (χ2n) is 6.65. The second-order valence-corrected chi connectivity index (χ2v) is 6.65. The summed E-state index contributed by atoms with van der Waals surface area (Å²) in [5.41, 5.74) is 5.23. The van der Waals surface area contributed by atoms with Gasteiger partial charge < -0.3 is 10.6 Å². The van der Waals surface area contributed by atoms with E-state index in [1.807, 2.05) is 20.8 Å². The van der Waals surface area contributed by atoms with Crippen molar-refractivity contribution < 1.29 is 14.4 Å². The maximum Gasteiger partial charge on any atom is 0.337 e. The Morgan fingerprint density at radius 1 is 0.769 bits per heavy atom. The minimum absolute atomic E-state index is 0.304. The molecule has 0 bridgehead atoms. The molecule has 0 fully saturated rings. The van der Waals surface area contributed by atoms with E-state index in [2.05, 4.69) is 21.5 Å². The van der Waals surface area contributed by atoms with Gasteiger partial charge in [0.15, 0.2) is 0 Å². The molecule has 0 heterocycles. The molecular weight excluding hydrogens is 332 g/mol. The van der Waals surface area contributed by atoms with E-state index in [1.54, 1.807) is 54.6 Å². The van der Waals surface area contributed by atoms with Gasteiger partial charge in [-0.15, -0.1) is 0 Å². The molecule has 0 saturated heterocycles. The van der Waals surface area contributed by atoms with Crippen molar-refractivity contribution in [2.75, 3.05) is 5.32 Å². The van der Waals surface area contributed by atoms with Crippen LogP contribution in [0.4, 0.5) is 10.5 Å². The van der Waals surface area contributed by atoms with Gasteiger partial charge in [-0.3, -0.25) is 15.0 Å². The van der Waals surface area contributed by atoms with E-state index in [9.17, 15) is 14.4 Å². The average Bonchev–Trinajstić information content (AvgIpc) is 2.59. The minimum atomic E-state index is -0.662. The number of carbonyl (C=O) groups excluding carboxylic acids is 3. The summed E-state index contributed by atoms with van der Waals surface area (Å²) in [6.45, 7) is 5.60. The molecule has 0 spiro atoms. The number of benzene rings is 2. The average molecular weight is 354 g/mol. The van der Waals surface area contributed by atoms with Gasteiger partial charge in [0.05, 0.1) is 11.3 Å². The van der Waals surface area contributed by atoms with Crippen molar-refractivity contribution in [3.63, 3.8) is 0 Å². The van der Waals surface area contributed by atoms with E-state index in [0.717, 1.165) is 0 Å². The number of nitrogens with one attached hydrogen (secondary N) is 4. The van der Waals surface area contributed by atoms with E-state index in [4.69, 9.17) is 0 Å². The highest BCUT2D eigenvalue weighted by molar-refractivity contribution is 6.04. The SMILES string of the molecule is CC(C)(C)NC(=O)c1ccccc1NC(=O)NNC(=O)c1ccccc1. The number of rotatable bonds is 3. The molecular formula is C19H22N4O3. The third-order valence-electron chi connectivity index (χ3n) is 3.23. The van der Waals surface area contributed by atoms with Crippen LogP contribution < -0.4 is 21.5 Å². The number of para-hydroxylation sites is 1. The summed E-state index contributed by atoms with van der Waals surface area (Å²) < 4.78 is 0. The third kappa shape index (κ3) is 5.62. The number of hydrazine groups is 1. The normalized spacial score (nSPS) is 10.6. The lowest BCUT2D eigenvalue weighted by atomic mass is 10.1. The van der Waals surface area contributed by atoms with Crippen LogP contribution in [0.15, 0.2) is 54.6 Å². The molecule has 0 atom stereocenters. The van der Waals surface area contributed by atoms with Crippen LogP contribution in [-0.4, -0.2) is 23.4 Å². The maximum atomic E-state index is 12.4. The first-order chi connectivity index (χ1) is 12.3. The Morgan fingerprint density at radius 3 is 2.04 bits per heavy atom. The maximum absolute atomic E-state index is 12.4. The monoisotopic (exact) mass is 354 g/mol. The number of hydrogen-bond donors (Lipinski definition) is 4. The first-order valence-electron chi connectivity index (χ1n) is 8.10. The molecule has 4 amide bonds. The Labute approximate surface area is 152 Å². The molecule has 26 heavy (non-hydrogen) atoms. The van der Waals surface area contributed by atoms with Crippen LogP contribution >= 0.6 is 0 Å². The second kappa shape index (κ2) is 8.15. The fraction of sp³-hybridized carbons (Fsp3) is 0.211. The quantitative estimate of drug-likeness (QED) is 0.638. The summed E-state index contributed by atoms with van der Waals surface area (Å²) in [7, 11) is 0. The Hall–Kier alpha value is -3.35. The summed E-state index contributed by atoms with van der Waals surface area (Å²) in [5.74, 6) is -0.749. The fourth-order valence-electron chi connectivity index (χ4n) is 2.13. The molecule has 2 aromatic carbocycles. The summed E-state index contributed by atoms with van der Waals surface area (Å²) in [4.78, 5) is 36.3. The number of hydrogen-bond acceptors (Lipinski definition) is 3. The molecule has 0 unspecified atom stereocenters. The van der Waals surface area contributed by atoms with E-state index < -0.39 is 17.5 Å². The molecule has 0 aromatic heterocycles. The first-order valence-corrected chi connectivity index (χ1v) is 8.10. The highest BCUT2D eigenvalue weighted by atomic mass is 16.2. The fourth-order valence-corrected chi connectivity index (χ4v) is 2.13. The lowest BCUT2D eigenvalue weighted by molar-refractivity contribution is 0.0916. The molecule has 2 aromatic rings. The van der Waals surface area contributed by atoms with Gasteiger partial charge in [-0.05, 0) is 45.0 Å². The lowest BCUT2D eigenvalue weighted by Crippen LogP contribution is -2.44. The molecule has 0 saturated carbocycles. The zero-order valence-electron chi connectivity index (χ0n) is 14.9. The predicted octanol–water partition coefficient (Wildman–Crippen LogP) is 2.68. The van der Waals surface area contributed by atoms with Crippen LogP contribution in [0.25, 0.3) is 0 Å². The van der Waals surface area contributed by atoms with Crippen molar-refractivity contribution in [2.45, 2.75) is 26.3 Å². The molecule has 136 valence electrons. The van der Waals surface area contributed by atoms with Crippen molar-refractivity contribution in [3.05, 3.63) is 65.7 Å². The zero-order chi connectivity index (χ0) is 19.2. The summed E-state index contributed by atoms with van der Waals surface area (Å²) in [5, 5.41) is 5.40. The van der Waals surface area contributed by atoms with Crippen molar-refractivity contribution in [1.82, 2.24) is 16.2 Å². The molecule has 7 heteroatoms. The minimum Gasteiger partial charge on any atom is -0.347 e. The summed E-state index contributed by atoms with van der Waals surface area (Å²) >= 11 is 0. The number of anilines is 1. The molecule has 0 aliphatic heterocycles. The standard InChI is InChI=1S/C19H22N4O3/c1-19(2,3)21-17(25)14-11-7-8-12-15(14)20-18(26)23-22-16(24)13-9-5-4-6-10-13/h4-12H,1-3H3,(H,21,25)(H,22,24)(H2,20,23,26). The number of carbonyl (C=O) groups is 3. The Morgan fingerprint density at radius 2 is 1.38 bits per heavy atom. The van der Waals surface area contributed by atoms with Crippen molar-refractivity contribution in [2.24, 2.45) is 0 Å². The highest BCUT2D eigenvalue weighted by Gasteiger charge is 2.18. The van der Waals surface area contributed by atoms with Gasteiger partial charge in [0.25, 0.3) is 11.8 Å². The smallest absolute Gasteiger partial charge is 0.337 e. The molecule has 2 rings (SSSR count). The molecule has 7 nitrogen and oxygen atoms in total. The van der Waals surface area contributed by atoms with Crippen molar-refractivity contribution >= 4 is 23.5 Å². The Balaban J connectivity index is 1.99. The van der Waals surface area contributed by atoms with Crippen LogP contribution in [0.5, 0.6) is 0 Å². The Kier molecular flexibility index (Phi) is 5.95. The number of amides is 4. The molecule has 0 radical (unpaired) electrons. The molecule has 0 aliphatic carbocycles. The summed E-state index contributed by atoms with van der Waals surface area (Å²) in [6, 6.07) is 14.4. The van der Waals surface area contributed by atoms with Crippen LogP contribution in [0, 0.1) is 0 Å². The third-order valence-corrected chi connectivity index (χ3v) is 3.23. The zero-order valence-corrected chi connectivity index (χ0v) is 14.9. The van der Waals surface area contributed by atoms with E-state index in [1.165, 1.54) is 0 Å². The lowest BCUT2D eigenvalue weighted by Gasteiger charge is -2.21.